The smallest absolute Gasteiger partial charge is 0.124 e. The Morgan fingerprint density at radius 1 is 1.11 bits per heavy atom. The number of methoxy groups -OCH3 is 1. The summed E-state index contributed by atoms with van der Waals surface area (Å²) in [6.07, 6.45) is 0. The highest BCUT2D eigenvalue weighted by molar-refractivity contribution is 9.10. The Morgan fingerprint density at radius 2 is 1.84 bits per heavy atom. The first-order valence-corrected chi connectivity index (χ1v) is 7.15. The average molecular weight is 389 g/mol. The molecule has 100 valence electrons. The minimum absolute atomic E-state index is 0.317. The zero-order valence-corrected chi connectivity index (χ0v) is 13.3. The third-order valence-electron chi connectivity index (χ3n) is 2.82. The molecule has 2 rings (SSSR count). The minimum atomic E-state index is -0.475. The van der Waals surface area contributed by atoms with Gasteiger partial charge in [-0.3, -0.25) is 0 Å². The second kappa shape index (κ2) is 6.03. The first kappa shape index (κ1) is 14.5. The molecule has 0 bridgehead atoms. The van der Waals surface area contributed by atoms with Crippen LogP contribution in [-0.2, 0) is 0 Å². The number of rotatable bonds is 3. The lowest BCUT2D eigenvalue weighted by atomic mass is 9.98. The van der Waals surface area contributed by atoms with E-state index in [2.05, 4.69) is 31.9 Å². The van der Waals surface area contributed by atoms with Crippen molar-refractivity contribution in [2.45, 2.75) is 6.04 Å². The molecule has 0 spiro atoms. The van der Waals surface area contributed by atoms with Crippen LogP contribution in [-0.4, -0.2) is 7.11 Å². The van der Waals surface area contributed by atoms with E-state index in [9.17, 15) is 4.39 Å². The Hall–Kier alpha value is -0.910. The molecule has 0 saturated heterocycles. The third-order valence-corrected chi connectivity index (χ3v) is 4.04. The second-order valence-corrected chi connectivity index (χ2v) is 5.80. The summed E-state index contributed by atoms with van der Waals surface area (Å²) in [6.45, 7) is 0. The minimum Gasteiger partial charge on any atom is -0.496 e. The highest BCUT2D eigenvalue weighted by Crippen LogP contribution is 2.34. The van der Waals surface area contributed by atoms with Crippen molar-refractivity contribution in [3.05, 3.63) is 62.3 Å². The fourth-order valence-corrected chi connectivity index (χ4v) is 2.74. The van der Waals surface area contributed by atoms with E-state index in [1.165, 1.54) is 12.1 Å². The normalized spacial score (nSPS) is 12.3. The van der Waals surface area contributed by atoms with Gasteiger partial charge in [0.1, 0.15) is 11.6 Å². The van der Waals surface area contributed by atoms with E-state index in [1.54, 1.807) is 13.2 Å². The van der Waals surface area contributed by atoms with Crippen molar-refractivity contribution in [2.24, 2.45) is 5.73 Å². The van der Waals surface area contributed by atoms with Gasteiger partial charge in [-0.15, -0.1) is 0 Å². The maximum absolute atomic E-state index is 13.4. The molecular weight excluding hydrogens is 377 g/mol. The van der Waals surface area contributed by atoms with Crippen LogP contribution in [0.5, 0.6) is 5.75 Å². The van der Waals surface area contributed by atoms with Gasteiger partial charge in [0.25, 0.3) is 0 Å². The fraction of sp³-hybridized carbons (Fsp3) is 0.143. The summed E-state index contributed by atoms with van der Waals surface area (Å²) in [6, 6.07) is 9.56. The standard InChI is InChI=1S/C14H12Br2FNO/c1-19-13-5-2-8(15)6-11(13)14(18)10-7-9(17)3-4-12(10)16/h2-7,14H,18H2,1H3. The summed E-state index contributed by atoms with van der Waals surface area (Å²) in [5.41, 5.74) is 7.71. The molecule has 1 atom stereocenters. The topological polar surface area (TPSA) is 35.2 Å². The van der Waals surface area contributed by atoms with Gasteiger partial charge in [0, 0.05) is 14.5 Å². The van der Waals surface area contributed by atoms with Crippen molar-refractivity contribution in [1.82, 2.24) is 0 Å². The quantitative estimate of drug-likeness (QED) is 0.845. The molecular formula is C14H12Br2FNO. The molecule has 0 aromatic heterocycles. The van der Waals surface area contributed by atoms with Crippen LogP contribution in [0, 0.1) is 5.82 Å². The van der Waals surface area contributed by atoms with Crippen LogP contribution in [0.3, 0.4) is 0 Å². The van der Waals surface area contributed by atoms with Crippen LogP contribution in [0.4, 0.5) is 4.39 Å². The summed E-state index contributed by atoms with van der Waals surface area (Å²) in [4.78, 5) is 0. The van der Waals surface area contributed by atoms with Crippen molar-refractivity contribution in [3.8, 4) is 5.75 Å². The molecule has 0 radical (unpaired) electrons. The largest absolute Gasteiger partial charge is 0.496 e. The van der Waals surface area contributed by atoms with Crippen LogP contribution < -0.4 is 10.5 Å². The Balaban J connectivity index is 2.51. The Bertz CT molecular complexity index is 604. The maximum Gasteiger partial charge on any atom is 0.124 e. The maximum atomic E-state index is 13.4. The van der Waals surface area contributed by atoms with E-state index >= 15 is 0 Å². The molecule has 1 unspecified atom stereocenters. The lowest BCUT2D eigenvalue weighted by molar-refractivity contribution is 0.407. The van der Waals surface area contributed by atoms with Gasteiger partial charge >= 0.3 is 0 Å². The molecule has 0 aliphatic carbocycles. The predicted molar refractivity (Wildman–Crippen MR) is 80.8 cm³/mol. The van der Waals surface area contributed by atoms with E-state index in [0.717, 1.165) is 14.5 Å². The molecule has 2 aromatic rings. The summed E-state index contributed by atoms with van der Waals surface area (Å²) < 4.78 is 20.3. The fourth-order valence-electron chi connectivity index (χ4n) is 1.87. The van der Waals surface area contributed by atoms with E-state index in [1.807, 2.05) is 18.2 Å². The molecule has 2 aromatic carbocycles. The van der Waals surface area contributed by atoms with Crippen molar-refractivity contribution >= 4 is 31.9 Å². The Morgan fingerprint density at radius 3 is 2.53 bits per heavy atom. The monoisotopic (exact) mass is 387 g/mol. The van der Waals surface area contributed by atoms with Gasteiger partial charge in [-0.25, -0.2) is 4.39 Å². The first-order chi connectivity index (χ1) is 9.02. The molecule has 0 aliphatic rings. The lowest BCUT2D eigenvalue weighted by Gasteiger charge is -2.18. The summed E-state index contributed by atoms with van der Waals surface area (Å²) in [7, 11) is 1.58. The van der Waals surface area contributed by atoms with Gasteiger partial charge in [-0.05, 0) is 42.0 Å². The predicted octanol–water partition coefficient (Wildman–Crippen LogP) is 4.41. The van der Waals surface area contributed by atoms with E-state index in [-0.39, 0.29) is 5.82 Å². The van der Waals surface area contributed by atoms with E-state index < -0.39 is 6.04 Å². The summed E-state index contributed by atoms with van der Waals surface area (Å²) in [5, 5.41) is 0. The van der Waals surface area contributed by atoms with Crippen molar-refractivity contribution in [2.75, 3.05) is 7.11 Å². The van der Waals surface area contributed by atoms with Gasteiger partial charge in [-0.1, -0.05) is 31.9 Å². The van der Waals surface area contributed by atoms with Crippen LogP contribution in [0.25, 0.3) is 0 Å². The Labute approximate surface area is 128 Å². The SMILES string of the molecule is COc1ccc(Br)cc1C(N)c1cc(F)ccc1Br. The number of benzene rings is 2. The molecule has 2 nitrogen and oxygen atoms in total. The van der Waals surface area contributed by atoms with Crippen molar-refractivity contribution in [1.29, 1.82) is 0 Å². The van der Waals surface area contributed by atoms with Gasteiger partial charge in [0.15, 0.2) is 0 Å². The van der Waals surface area contributed by atoms with Gasteiger partial charge in [0.2, 0.25) is 0 Å². The van der Waals surface area contributed by atoms with Crippen LogP contribution >= 0.6 is 31.9 Å². The highest BCUT2D eigenvalue weighted by atomic mass is 79.9. The number of nitrogens with two attached hydrogens (primary N) is 1. The van der Waals surface area contributed by atoms with E-state index in [4.69, 9.17) is 10.5 Å². The van der Waals surface area contributed by atoms with Crippen LogP contribution in [0.2, 0.25) is 0 Å². The third kappa shape index (κ3) is 3.16. The number of hydrogen-bond acceptors (Lipinski definition) is 2. The number of halogens is 3. The number of ether oxygens (including phenoxy) is 1. The molecule has 0 saturated carbocycles. The lowest BCUT2D eigenvalue weighted by Crippen LogP contribution is -2.14. The van der Waals surface area contributed by atoms with Crippen molar-refractivity contribution < 1.29 is 9.13 Å². The Kier molecular flexibility index (Phi) is 4.60. The molecule has 2 N–H and O–H groups in total. The molecule has 0 aliphatic heterocycles. The molecule has 0 amide bonds. The van der Waals surface area contributed by atoms with Crippen LogP contribution in [0.1, 0.15) is 17.2 Å². The highest BCUT2D eigenvalue weighted by Gasteiger charge is 2.17. The van der Waals surface area contributed by atoms with Gasteiger partial charge in [-0.2, -0.15) is 0 Å². The van der Waals surface area contributed by atoms with E-state index in [0.29, 0.717) is 11.3 Å². The van der Waals surface area contributed by atoms with Crippen LogP contribution in [0.15, 0.2) is 45.3 Å². The zero-order chi connectivity index (χ0) is 14.0. The second-order valence-electron chi connectivity index (χ2n) is 4.03. The molecule has 0 fully saturated rings. The average Bonchev–Trinajstić information content (AvgIpc) is 2.40. The summed E-state index contributed by atoms with van der Waals surface area (Å²) >= 11 is 6.80. The molecule has 5 heteroatoms. The summed E-state index contributed by atoms with van der Waals surface area (Å²) in [5.74, 6) is 0.356. The molecule has 19 heavy (non-hydrogen) atoms. The number of hydrogen-bond donors (Lipinski definition) is 1. The zero-order valence-electron chi connectivity index (χ0n) is 10.2. The first-order valence-electron chi connectivity index (χ1n) is 5.57. The van der Waals surface area contributed by atoms with Gasteiger partial charge in [0.05, 0.1) is 13.2 Å². The molecule has 0 heterocycles. The van der Waals surface area contributed by atoms with Gasteiger partial charge < -0.3 is 10.5 Å². The van der Waals surface area contributed by atoms with Crippen molar-refractivity contribution in [3.63, 3.8) is 0 Å².